The molecule has 1 heterocycles. The predicted molar refractivity (Wildman–Crippen MR) is 98.4 cm³/mol. The van der Waals surface area contributed by atoms with Gasteiger partial charge in [-0.25, -0.2) is 9.98 Å². The van der Waals surface area contributed by atoms with Gasteiger partial charge in [-0.05, 0) is 43.8 Å². The molecule has 1 radical (unpaired) electrons. The van der Waals surface area contributed by atoms with Crippen LogP contribution < -0.4 is 4.43 Å². The summed E-state index contributed by atoms with van der Waals surface area (Å²) in [7, 11) is 1.17. The molecular formula is C18H21N3OSi+. The molecule has 0 N–H and O–H groups in total. The minimum Gasteiger partial charge on any atom is -0.541 e. The molecule has 0 fully saturated rings. The van der Waals surface area contributed by atoms with Gasteiger partial charge in [0, 0.05) is 7.05 Å². The predicted octanol–water partition coefficient (Wildman–Crippen LogP) is 4.37. The van der Waals surface area contributed by atoms with Crippen LogP contribution in [0.25, 0.3) is 11.0 Å². The fourth-order valence-corrected chi connectivity index (χ4v) is 3.11. The summed E-state index contributed by atoms with van der Waals surface area (Å²) in [4.78, 5) is 9.29. The first-order chi connectivity index (χ1) is 11.1. The molecule has 2 aromatic carbocycles. The molecule has 0 bridgehead atoms. The fourth-order valence-electron chi connectivity index (χ4n) is 2.50. The highest BCUT2D eigenvalue weighted by Gasteiger charge is 2.09. The molecule has 0 atom stereocenters. The lowest BCUT2D eigenvalue weighted by molar-refractivity contribution is 0.581. The third-order valence-electron chi connectivity index (χ3n) is 3.65. The quantitative estimate of drug-likeness (QED) is 0.528. The molecule has 0 spiro atoms. The first-order valence-corrected chi connectivity index (χ1v) is 10.00. The number of nitrogens with zero attached hydrogens (tertiary/aromatic N) is 3. The van der Waals surface area contributed by atoms with Crippen LogP contribution in [0.3, 0.4) is 0 Å². The average Bonchev–Trinajstić information content (AvgIpc) is 2.83. The van der Waals surface area contributed by atoms with Gasteiger partial charge in [0.15, 0.2) is 5.82 Å². The molecule has 117 valence electrons. The molecule has 4 nitrogen and oxygen atoms in total. The SMILES string of the molecule is Cc1cccc(O[Si](C)C)c1N=Cc1nc2ccccc2n1C.[H+]. The first kappa shape index (κ1) is 15.5. The van der Waals surface area contributed by atoms with Crippen molar-refractivity contribution in [2.75, 3.05) is 0 Å². The van der Waals surface area contributed by atoms with E-state index in [-0.39, 0.29) is 1.43 Å². The zero-order valence-corrected chi connectivity index (χ0v) is 14.9. The number of rotatable bonds is 4. The van der Waals surface area contributed by atoms with Gasteiger partial charge < -0.3 is 8.99 Å². The smallest absolute Gasteiger partial charge is 0.541 e. The van der Waals surface area contributed by atoms with Crippen LogP contribution in [-0.2, 0) is 7.05 Å². The van der Waals surface area contributed by atoms with E-state index < -0.39 is 9.04 Å². The van der Waals surface area contributed by atoms with E-state index in [4.69, 9.17) is 4.43 Å². The number of hydrogen-bond donors (Lipinski definition) is 0. The summed E-state index contributed by atoms with van der Waals surface area (Å²) in [6.07, 6.45) is 1.81. The van der Waals surface area contributed by atoms with Crippen molar-refractivity contribution in [3.05, 3.63) is 53.9 Å². The van der Waals surface area contributed by atoms with Crippen LogP contribution in [-0.4, -0.2) is 24.8 Å². The van der Waals surface area contributed by atoms with E-state index in [0.29, 0.717) is 0 Å². The van der Waals surface area contributed by atoms with E-state index in [1.165, 1.54) is 0 Å². The molecular weight excluding hydrogens is 302 g/mol. The Balaban J connectivity index is 0.00000208. The summed E-state index contributed by atoms with van der Waals surface area (Å²) < 4.78 is 8.01. The van der Waals surface area contributed by atoms with E-state index >= 15 is 0 Å². The molecule has 0 aliphatic heterocycles. The lowest BCUT2D eigenvalue weighted by atomic mass is 10.2. The summed E-state index contributed by atoms with van der Waals surface area (Å²) in [5.74, 6) is 1.68. The Morgan fingerprint density at radius 3 is 2.70 bits per heavy atom. The number of aromatic nitrogens is 2. The maximum absolute atomic E-state index is 5.96. The van der Waals surface area contributed by atoms with Crippen LogP contribution in [0.2, 0.25) is 13.1 Å². The van der Waals surface area contributed by atoms with Crippen molar-refractivity contribution in [3.8, 4) is 5.75 Å². The van der Waals surface area contributed by atoms with E-state index in [9.17, 15) is 0 Å². The number of benzene rings is 2. The Morgan fingerprint density at radius 2 is 1.96 bits per heavy atom. The molecule has 3 aromatic rings. The molecule has 0 saturated heterocycles. The van der Waals surface area contributed by atoms with Crippen LogP contribution in [0.5, 0.6) is 5.75 Å². The molecule has 0 amide bonds. The highest BCUT2D eigenvalue weighted by molar-refractivity contribution is 6.49. The molecule has 0 aliphatic carbocycles. The number of para-hydroxylation sites is 3. The largest absolute Gasteiger partial charge is 1.00 e. The van der Waals surface area contributed by atoms with Crippen molar-refractivity contribution in [2.45, 2.75) is 20.0 Å². The number of hydrogen-bond acceptors (Lipinski definition) is 3. The van der Waals surface area contributed by atoms with E-state index in [0.717, 1.165) is 33.9 Å². The molecule has 1 aromatic heterocycles. The van der Waals surface area contributed by atoms with Crippen LogP contribution in [0.1, 0.15) is 12.8 Å². The van der Waals surface area contributed by atoms with Crippen molar-refractivity contribution in [1.82, 2.24) is 9.55 Å². The van der Waals surface area contributed by atoms with Gasteiger partial charge in [0.05, 0.1) is 17.2 Å². The van der Waals surface area contributed by atoms with Gasteiger partial charge in [0.25, 0.3) is 9.04 Å². The molecule has 5 heteroatoms. The third-order valence-corrected chi connectivity index (χ3v) is 4.27. The highest BCUT2D eigenvalue weighted by Crippen LogP contribution is 2.31. The second-order valence-electron chi connectivity index (χ2n) is 5.71. The van der Waals surface area contributed by atoms with E-state index in [1.807, 2.05) is 61.2 Å². The van der Waals surface area contributed by atoms with Gasteiger partial charge in [0.1, 0.15) is 11.4 Å². The zero-order valence-electron chi connectivity index (χ0n) is 14.9. The number of imidazole rings is 1. The summed E-state index contributed by atoms with van der Waals surface area (Å²) >= 11 is 0. The van der Waals surface area contributed by atoms with Crippen LogP contribution in [0.15, 0.2) is 47.5 Å². The van der Waals surface area contributed by atoms with Gasteiger partial charge in [-0.3, -0.25) is 0 Å². The van der Waals surface area contributed by atoms with Crippen LogP contribution >= 0.6 is 0 Å². The van der Waals surface area contributed by atoms with Gasteiger partial charge in [0.2, 0.25) is 0 Å². The van der Waals surface area contributed by atoms with Gasteiger partial charge in [-0.1, -0.05) is 24.3 Å². The third kappa shape index (κ3) is 3.19. The van der Waals surface area contributed by atoms with E-state index in [2.05, 4.69) is 29.1 Å². The van der Waals surface area contributed by atoms with Crippen molar-refractivity contribution in [2.24, 2.45) is 12.0 Å². The Labute approximate surface area is 139 Å². The monoisotopic (exact) mass is 323 g/mol. The van der Waals surface area contributed by atoms with Crippen molar-refractivity contribution >= 4 is 32.0 Å². The Hall–Kier alpha value is -2.40. The van der Waals surface area contributed by atoms with E-state index in [1.54, 1.807) is 0 Å². The maximum Gasteiger partial charge on any atom is 1.00 e. The molecule has 23 heavy (non-hydrogen) atoms. The summed E-state index contributed by atoms with van der Waals surface area (Å²) in [5.41, 5.74) is 4.06. The number of fused-ring (bicyclic) bond motifs is 1. The average molecular weight is 323 g/mol. The molecule has 3 rings (SSSR count). The second-order valence-corrected chi connectivity index (χ2v) is 7.73. The molecule has 0 aliphatic rings. The fraction of sp³-hybridized carbons (Fsp3) is 0.222. The minimum absolute atomic E-state index is 0. The molecule has 0 saturated carbocycles. The normalized spacial score (nSPS) is 11.7. The lowest BCUT2D eigenvalue weighted by Crippen LogP contribution is -2.11. The molecule has 0 unspecified atom stereocenters. The minimum atomic E-state index is -0.831. The first-order valence-electron chi connectivity index (χ1n) is 7.59. The van der Waals surface area contributed by atoms with Gasteiger partial charge in [-0.2, -0.15) is 0 Å². The van der Waals surface area contributed by atoms with Crippen molar-refractivity contribution in [3.63, 3.8) is 0 Å². The number of aliphatic imine (C=N–C) groups is 1. The Kier molecular flexibility index (Phi) is 4.30. The summed E-state index contributed by atoms with van der Waals surface area (Å²) in [5, 5.41) is 0. The summed E-state index contributed by atoms with van der Waals surface area (Å²) in [6.45, 7) is 6.28. The highest BCUT2D eigenvalue weighted by atomic mass is 28.3. The van der Waals surface area contributed by atoms with Crippen molar-refractivity contribution < 1.29 is 5.85 Å². The van der Waals surface area contributed by atoms with Gasteiger partial charge >= 0.3 is 1.43 Å². The topological polar surface area (TPSA) is 39.4 Å². The van der Waals surface area contributed by atoms with Crippen LogP contribution in [0.4, 0.5) is 5.69 Å². The van der Waals surface area contributed by atoms with Crippen molar-refractivity contribution in [1.29, 1.82) is 0 Å². The Morgan fingerprint density at radius 1 is 1.17 bits per heavy atom. The lowest BCUT2D eigenvalue weighted by Gasteiger charge is -2.12. The second kappa shape index (κ2) is 6.38. The standard InChI is InChI=1S/C18H20N3OSi/c1-13-8-7-11-16(22-23(3)4)18(13)19-12-17-20-14-9-5-6-10-15(14)21(17)2/h5-12H,1-4H3/p+1. The zero-order chi connectivity index (χ0) is 16.4. The summed E-state index contributed by atoms with van der Waals surface area (Å²) in [6, 6.07) is 14.1. The van der Waals surface area contributed by atoms with Crippen LogP contribution in [0, 0.1) is 6.92 Å². The van der Waals surface area contributed by atoms with Gasteiger partial charge in [-0.15, -0.1) is 0 Å². The number of aryl methyl sites for hydroxylation is 2. The Bertz CT molecular complexity index is 874. The maximum atomic E-state index is 5.96.